The summed E-state index contributed by atoms with van der Waals surface area (Å²) in [6.07, 6.45) is 2.96. The molecule has 2 heterocycles. The van der Waals surface area contributed by atoms with E-state index in [1.165, 1.54) is 9.80 Å². The van der Waals surface area contributed by atoms with Gasteiger partial charge in [-0.15, -0.1) is 0 Å². The molecule has 4 rings (SSSR count). The van der Waals surface area contributed by atoms with Gasteiger partial charge in [0.1, 0.15) is 6.04 Å². The lowest BCUT2D eigenvalue weighted by Crippen LogP contribution is -2.39. The summed E-state index contributed by atoms with van der Waals surface area (Å²) in [6.45, 7) is 0.138. The second-order valence-electron chi connectivity index (χ2n) is 6.58. The largest absolute Gasteiger partial charge is 0.326 e. The van der Waals surface area contributed by atoms with Crippen molar-refractivity contribution in [3.05, 3.63) is 36.7 Å². The molecular formula is C18H16F2N4O. The van der Waals surface area contributed by atoms with Gasteiger partial charge in [0, 0.05) is 35.9 Å². The second-order valence-corrected chi connectivity index (χ2v) is 6.58. The fourth-order valence-electron chi connectivity index (χ4n) is 3.78. The van der Waals surface area contributed by atoms with Gasteiger partial charge in [0.25, 0.3) is 0 Å². The van der Waals surface area contributed by atoms with E-state index in [0.29, 0.717) is 5.69 Å². The lowest BCUT2D eigenvalue weighted by atomic mass is 10.1. The SMILES string of the molecule is N#C[C@@H]1CN(C2CCC(F)(F)C2)C(=O)N1c1cncc2ccccc12. The van der Waals surface area contributed by atoms with Crippen LogP contribution in [-0.2, 0) is 0 Å². The number of carbonyl (C=O) groups excluding carboxylic acids is 1. The van der Waals surface area contributed by atoms with Crippen LogP contribution < -0.4 is 4.90 Å². The zero-order valence-electron chi connectivity index (χ0n) is 13.4. The molecule has 0 N–H and O–H groups in total. The number of alkyl halides is 2. The first-order valence-electron chi connectivity index (χ1n) is 8.20. The predicted molar refractivity (Wildman–Crippen MR) is 88.3 cm³/mol. The van der Waals surface area contributed by atoms with Crippen molar-refractivity contribution in [2.75, 3.05) is 11.4 Å². The first kappa shape index (κ1) is 15.8. The Hall–Kier alpha value is -2.75. The number of fused-ring (bicyclic) bond motifs is 1. The zero-order valence-corrected chi connectivity index (χ0v) is 13.4. The van der Waals surface area contributed by atoms with E-state index in [1.807, 2.05) is 24.3 Å². The number of aromatic nitrogens is 1. The molecule has 128 valence electrons. The summed E-state index contributed by atoms with van der Waals surface area (Å²) in [5.74, 6) is -2.73. The van der Waals surface area contributed by atoms with Gasteiger partial charge in [-0.1, -0.05) is 24.3 Å². The standard InChI is InChI=1S/C18H16F2N4O/c19-18(20)6-5-13(7-18)23-11-14(8-21)24(17(23)25)16-10-22-9-12-3-1-2-4-15(12)16/h1-4,9-10,13-14H,5-7,11H2/t13?,14-/m1/s1. The minimum absolute atomic E-state index is 0.138. The molecule has 2 amide bonds. The van der Waals surface area contributed by atoms with Crippen molar-refractivity contribution in [1.82, 2.24) is 9.88 Å². The van der Waals surface area contributed by atoms with Crippen molar-refractivity contribution < 1.29 is 13.6 Å². The monoisotopic (exact) mass is 342 g/mol. The van der Waals surface area contributed by atoms with Crippen LogP contribution in [0.3, 0.4) is 0 Å². The van der Waals surface area contributed by atoms with Crippen LogP contribution in [0.15, 0.2) is 36.7 Å². The van der Waals surface area contributed by atoms with Crippen molar-refractivity contribution >= 4 is 22.5 Å². The van der Waals surface area contributed by atoms with Crippen LogP contribution in [0, 0.1) is 11.3 Å². The van der Waals surface area contributed by atoms with Gasteiger partial charge >= 0.3 is 6.03 Å². The van der Waals surface area contributed by atoms with Crippen molar-refractivity contribution in [2.24, 2.45) is 0 Å². The molecule has 1 saturated heterocycles. The summed E-state index contributed by atoms with van der Waals surface area (Å²) in [5.41, 5.74) is 0.543. The van der Waals surface area contributed by atoms with E-state index in [9.17, 15) is 18.8 Å². The van der Waals surface area contributed by atoms with Gasteiger partial charge in [-0.2, -0.15) is 5.26 Å². The van der Waals surface area contributed by atoms with Gasteiger partial charge in [-0.25, -0.2) is 13.6 Å². The maximum atomic E-state index is 13.6. The number of urea groups is 1. The van der Waals surface area contributed by atoms with E-state index in [4.69, 9.17) is 0 Å². The first-order valence-corrected chi connectivity index (χ1v) is 8.20. The molecule has 0 bridgehead atoms. The highest BCUT2D eigenvalue weighted by Crippen LogP contribution is 2.40. The minimum Gasteiger partial charge on any atom is -0.318 e. The molecule has 7 heteroatoms. The number of hydrogen-bond donors (Lipinski definition) is 0. The first-order chi connectivity index (χ1) is 12.0. The Kier molecular flexibility index (Phi) is 3.57. The fraction of sp³-hybridized carbons (Fsp3) is 0.389. The minimum atomic E-state index is -2.73. The van der Waals surface area contributed by atoms with Crippen molar-refractivity contribution in [1.29, 1.82) is 5.26 Å². The van der Waals surface area contributed by atoms with Gasteiger partial charge in [-0.05, 0) is 6.42 Å². The molecule has 2 fully saturated rings. The predicted octanol–water partition coefficient (Wildman–Crippen LogP) is 3.56. The van der Waals surface area contributed by atoms with Crippen LogP contribution in [0.25, 0.3) is 10.8 Å². The molecule has 2 aromatic rings. The van der Waals surface area contributed by atoms with Crippen LogP contribution in [-0.4, -0.2) is 40.5 Å². The van der Waals surface area contributed by atoms with E-state index in [-0.39, 0.29) is 25.8 Å². The Balaban J connectivity index is 1.72. The number of anilines is 1. The summed E-state index contributed by atoms with van der Waals surface area (Å²) >= 11 is 0. The molecule has 1 unspecified atom stereocenters. The summed E-state index contributed by atoms with van der Waals surface area (Å²) in [7, 11) is 0. The lowest BCUT2D eigenvalue weighted by molar-refractivity contribution is 0.00359. The molecule has 25 heavy (non-hydrogen) atoms. The zero-order chi connectivity index (χ0) is 17.6. The van der Waals surface area contributed by atoms with Gasteiger partial charge in [0.05, 0.1) is 24.5 Å². The number of rotatable bonds is 2. The number of pyridine rings is 1. The van der Waals surface area contributed by atoms with Gasteiger partial charge in [-0.3, -0.25) is 9.88 Å². The maximum Gasteiger partial charge on any atom is 0.326 e. The molecule has 1 aliphatic heterocycles. The highest BCUT2D eigenvalue weighted by molar-refractivity contribution is 6.04. The smallest absolute Gasteiger partial charge is 0.318 e. The molecule has 2 atom stereocenters. The normalized spacial score (nSPS) is 25.6. The van der Waals surface area contributed by atoms with Crippen molar-refractivity contribution in [3.63, 3.8) is 0 Å². The summed E-state index contributed by atoms with van der Waals surface area (Å²) in [5, 5.41) is 11.2. The van der Waals surface area contributed by atoms with Crippen molar-refractivity contribution in [2.45, 2.75) is 37.3 Å². The van der Waals surface area contributed by atoms with E-state index in [1.54, 1.807) is 12.4 Å². The molecular weight excluding hydrogens is 326 g/mol. The van der Waals surface area contributed by atoms with E-state index >= 15 is 0 Å². The van der Waals surface area contributed by atoms with E-state index < -0.39 is 24.0 Å². The number of halogens is 2. The third-order valence-electron chi connectivity index (χ3n) is 5.01. The number of hydrogen-bond acceptors (Lipinski definition) is 3. The average molecular weight is 342 g/mol. The number of nitrogens with zero attached hydrogens (tertiary/aromatic N) is 4. The molecule has 2 aliphatic rings. The van der Waals surface area contributed by atoms with Crippen LogP contribution in [0.5, 0.6) is 0 Å². The van der Waals surface area contributed by atoms with Crippen molar-refractivity contribution in [3.8, 4) is 6.07 Å². The number of amides is 2. The Labute approximate surface area is 143 Å². The van der Waals surface area contributed by atoms with Crippen LogP contribution in [0.2, 0.25) is 0 Å². The second kappa shape index (κ2) is 5.66. The molecule has 1 saturated carbocycles. The quantitative estimate of drug-likeness (QED) is 0.838. The van der Waals surface area contributed by atoms with Crippen LogP contribution in [0.1, 0.15) is 19.3 Å². The Morgan fingerprint density at radius 1 is 1.28 bits per heavy atom. The summed E-state index contributed by atoms with van der Waals surface area (Å²) in [4.78, 5) is 19.9. The highest BCUT2D eigenvalue weighted by Gasteiger charge is 2.48. The van der Waals surface area contributed by atoms with E-state index in [0.717, 1.165) is 10.8 Å². The molecule has 0 spiro atoms. The van der Waals surface area contributed by atoms with Gasteiger partial charge < -0.3 is 4.90 Å². The molecule has 1 aromatic heterocycles. The van der Waals surface area contributed by atoms with Crippen LogP contribution in [0.4, 0.5) is 19.3 Å². The summed E-state index contributed by atoms with van der Waals surface area (Å²) < 4.78 is 27.1. The third kappa shape index (κ3) is 2.58. The van der Waals surface area contributed by atoms with Gasteiger partial charge in [0.15, 0.2) is 0 Å². The Morgan fingerprint density at radius 3 is 2.80 bits per heavy atom. The summed E-state index contributed by atoms with van der Waals surface area (Å²) in [6, 6.07) is 7.96. The highest BCUT2D eigenvalue weighted by atomic mass is 19.3. The third-order valence-corrected chi connectivity index (χ3v) is 5.01. The topological polar surface area (TPSA) is 60.2 Å². The fourth-order valence-corrected chi connectivity index (χ4v) is 3.78. The molecule has 5 nitrogen and oxygen atoms in total. The number of nitriles is 1. The average Bonchev–Trinajstić information content (AvgIpc) is 3.13. The number of carbonyl (C=O) groups is 1. The van der Waals surface area contributed by atoms with Crippen LogP contribution >= 0.6 is 0 Å². The lowest BCUT2D eigenvalue weighted by Gasteiger charge is -2.24. The van der Waals surface area contributed by atoms with E-state index in [2.05, 4.69) is 11.1 Å². The maximum absolute atomic E-state index is 13.6. The molecule has 1 aliphatic carbocycles. The molecule has 0 radical (unpaired) electrons. The Morgan fingerprint density at radius 2 is 2.08 bits per heavy atom. The van der Waals surface area contributed by atoms with Gasteiger partial charge in [0.2, 0.25) is 5.92 Å². The number of benzene rings is 1. The molecule has 1 aromatic carbocycles. The Bertz CT molecular complexity index is 874.